The van der Waals surface area contributed by atoms with E-state index in [-0.39, 0.29) is 13.2 Å². The third-order valence-corrected chi connectivity index (χ3v) is 7.63. The van der Waals surface area contributed by atoms with E-state index in [4.69, 9.17) is 9.47 Å². The molecule has 0 atom stereocenters. The molecule has 196 valence electrons. The van der Waals surface area contributed by atoms with Gasteiger partial charge >= 0.3 is 11.9 Å². The molecule has 0 fully saturated rings. The number of carbonyl (C=O) groups is 2. The van der Waals surface area contributed by atoms with Crippen molar-refractivity contribution in [3.63, 3.8) is 0 Å². The van der Waals surface area contributed by atoms with Crippen LogP contribution in [0.2, 0.25) is 0 Å². The maximum atomic E-state index is 13.6. The Morgan fingerprint density at radius 1 is 0.692 bits per heavy atom. The smallest absolute Gasteiger partial charge is 0.337 e. The van der Waals surface area contributed by atoms with E-state index < -0.39 is 17.9 Å². The van der Waals surface area contributed by atoms with Crippen LogP contribution in [0.5, 0.6) is 0 Å². The lowest BCUT2D eigenvalue weighted by Gasteiger charge is -2.29. The number of esters is 2. The Bertz CT molecular complexity index is 1440. The molecule has 5 rings (SSSR count). The van der Waals surface area contributed by atoms with Crippen molar-refractivity contribution in [2.45, 2.75) is 33.0 Å². The van der Waals surface area contributed by atoms with E-state index >= 15 is 0 Å². The van der Waals surface area contributed by atoms with Gasteiger partial charge in [-0.3, -0.25) is 0 Å². The molecule has 1 aromatic heterocycles. The van der Waals surface area contributed by atoms with Crippen LogP contribution in [0.25, 0.3) is 11.1 Å². The van der Waals surface area contributed by atoms with Crippen molar-refractivity contribution in [1.82, 2.24) is 5.32 Å². The van der Waals surface area contributed by atoms with Gasteiger partial charge in [0.1, 0.15) is 13.2 Å². The van der Waals surface area contributed by atoms with Gasteiger partial charge < -0.3 is 14.8 Å². The Morgan fingerprint density at radius 2 is 1.15 bits per heavy atom. The maximum Gasteiger partial charge on any atom is 0.337 e. The molecule has 0 aliphatic carbocycles. The van der Waals surface area contributed by atoms with E-state index in [1.807, 2.05) is 111 Å². The van der Waals surface area contributed by atoms with Crippen LogP contribution in [0, 0.1) is 0 Å². The summed E-state index contributed by atoms with van der Waals surface area (Å²) in [6.07, 6.45) is 0. The second-order valence-electron chi connectivity index (χ2n) is 9.36. The molecule has 3 aromatic carbocycles. The lowest BCUT2D eigenvalue weighted by Crippen LogP contribution is -2.32. The zero-order valence-electron chi connectivity index (χ0n) is 21.8. The van der Waals surface area contributed by atoms with Crippen LogP contribution < -0.4 is 5.32 Å². The molecule has 4 aromatic rings. The Labute approximate surface area is 232 Å². The summed E-state index contributed by atoms with van der Waals surface area (Å²) in [5, 5.41) is 5.29. The van der Waals surface area contributed by atoms with E-state index in [9.17, 15) is 9.59 Å². The predicted octanol–water partition coefficient (Wildman–Crippen LogP) is 7.14. The van der Waals surface area contributed by atoms with Crippen molar-refractivity contribution in [1.29, 1.82) is 0 Å². The van der Waals surface area contributed by atoms with E-state index in [1.165, 1.54) is 11.3 Å². The van der Waals surface area contributed by atoms with Gasteiger partial charge in [0.05, 0.1) is 17.1 Å². The average Bonchev–Trinajstić information content (AvgIpc) is 3.46. The molecule has 0 unspecified atom stereocenters. The summed E-state index contributed by atoms with van der Waals surface area (Å²) >= 11 is 1.51. The van der Waals surface area contributed by atoms with Gasteiger partial charge in [-0.15, -0.1) is 11.3 Å². The van der Waals surface area contributed by atoms with Crippen LogP contribution in [0.3, 0.4) is 0 Å². The zero-order chi connectivity index (χ0) is 27.2. The quantitative estimate of drug-likeness (QED) is 0.243. The highest BCUT2D eigenvalue weighted by molar-refractivity contribution is 7.10. The van der Waals surface area contributed by atoms with E-state index in [2.05, 4.69) is 10.7 Å². The first-order valence-corrected chi connectivity index (χ1v) is 13.6. The normalized spacial score (nSPS) is 13.7. The number of nitrogens with one attached hydrogen (secondary N) is 1. The largest absolute Gasteiger partial charge is 0.457 e. The SMILES string of the molecule is CC1=C(C(=O)OCc2ccccc2)C(c2cc(-c3ccccc3)cs2)C(C(=O)OCc2ccccc2)=C(C)N1. The van der Waals surface area contributed by atoms with Gasteiger partial charge in [-0.25, -0.2) is 9.59 Å². The number of hydrogen-bond acceptors (Lipinski definition) is 6. The fraction of sp³-hybridized carbons (Fsp3) is 0.152. The number of benzene rings is 3. The monoisotopic (exact) mass is 535 g/mol. The standard InChI is InChI=1S/C33H29NO4S/c1-22-29(32(35)37-19-24-12-6-3-7-13-24)31(28-18-27(21-39-28)26-16-10-5-11-17-26)30(23(2)34-22)33(36)38-20-25-14-8-4-9-15-25/h3-18,21,31,34H,19-20H2,1-2H3. The molecule has 39 heavy (non-hydrogen) atoms. The van der Waals surface area contributed by atoms with Gasteiger partial charge in [-0.2, -0.15) is 0 Å². The molecule has 0 amide bonds. The van der Waals surface area contributed by atoms with Gasteiger partial charge in [0.25, 0.3) is 0 Å². The van der Waals surface area contributed by atoms with Crippen molar-refractivity contribution in [2.75, 3.05) is 0 Å². The van der Waals surface area contributed by atoms with Gasteiger partial charge in [-0.05, 0) is 47.5 Å². The van der Waals surface area contributed by atoms with Crippen molar-refractivity contribution in [3.05, 3.63) is 141 Å². The Kier molecular flexibility index (Phi) is 8.04. The molecule has 1 aliphatic rings. The number of allylic oxidation sites excluding steroid dienone is 2. The number of dihydropyridines is 1. The van der Waals surface area contributed by atoms with Crippen LogP contribution in [-0.2, 0) is 32.3 Å². The van der Waals surface area contributed by atoms with Gasteiger partial charge in [0.15, 0.2) is 0 Å². The number of rotatable bonds is 8. The van der Waals surface area contributed by atoms with Gasteiger partial charge in [0.2, 0.25) is 0 Å². The highest BCUT2D eigenvalue weighted by Gasteiger charge is 2.39. The third kappa shape index (κ3) is 6.02. The second kappa shape index (κ2) is 12.0. The molecule has 6 heteroatoms. The summed E-state index contributed by atoms with van der Waals surface area (Å²) < 4.78 is 11.5. The van der Waals surface area contributed by atoms with Crippen LogP contribution in [0.4, 0.5) is 0 Å². The summed E-state index contributed by atoms with van der Waals surface area (Å²) in [6.45, 7) is 3.96. The fourth-order valence-electron chi connectivity index (χ4n) is 4.71. The molecule has 2 heterocycles. The number of ether oxygens (including phenoxy) is 2. The lowest BCUT2D eigenvalue weighted by molar-refractivity contribution is -0.141. The van der Waals surface area contributed by atoms with E-state index in [0.717, 1.165) is 27.1 Å². The number of carbonyl (C=O) groups excluding carboxylic acids is 2. The van der Waals surface area contributed by atoms with Crippen molar-refractivity contribution >= 4 is 23.3 Å². The van der Waals surface area contributed by atoms with Gasteiger partial charge in [0, 0.05) is 16.3 Å². The molecule has 0 radical (unpaired) electrons. The first-order valence-electron chi connectivity index (χ1n) is 12.8. The summed E-state index contributed by atoms with van der Waals surface area (Å²) in [5.74, 6) is -1.56. The Morgan fingerprint density at radius 3 is 1.64 bits per heavy atom. The molecular formula is C33H29NO4S. The summed E-state index contributed by atoms with van der Waals surface area (Å²) in [6, 6.07) is 31.2. The minimum Gasteiger partial charge on any atom is -0.457 e. The molecular weight excluding hydrogens is 506 g/mol. The minimum absolute atomic E-state index is 0.138. The number of hydrogen-bond donors (Lipinski definition) is 1. The average molecular weight is 536 g/mol. The van der Waals surface area contributed by atoms with Crippen LogP contribution in [0.15, 0.2) is 125 Å². The highest BCUT2D eigenvalue weighted by atomic mass is 32.1. The zero-order valence-corrected chi connectivity index (χ0v) is 22.7. The molecule has 5 nitrogen and oxygen atoms in total. The van der Waals surface area contributed by atoms with Gasteiger partial charge in [-0.1, -0.05) is 91.0 Å². The maximum absolute atomic E-state index is 13.6. The van der Waals surface area contributed by atoms with E-state index in [0.29, 0.717) is 22.5 Å². The van der Waals surface area contributed by atoms with E-state index in [1.54, 1.807) is 0 Å². The minimum atomic E-state index is -0.625. The van der Waals surface area contributed by atoms with Crippen molar-refractivity contribution < 1.29 is 19.1 Å². The molecule has 1 aliphatic heterocycles. The van der Waals surface area contributed by atoms with Crippen LogP contribution in [-0.4, -0.2) is 11.9 Å². The molecule has 0 saturated heterocycles. The summed E-state index contributed by atoms with van der Waals surface area (Å²) in [5.41, 5.74) is 6.00. The lowest BCUT2D eigenvalue weighted by atomic mass is 9.84. The Hall–Kier alpha value is -4.42. The fourth-order valence-corrected chi connectivity index (χ4v) is 5.74. The molecule has 0 saturated carbocycles. The predicted molar refractivity (Wildman–Crippen MR) is 154 cm³/mol. The number of thiophene rings is 1. The summed E-state index contributed by atoms with van der Waals surface area (Å²) in [7, 11) is 0. The third-order valence-electron chi connectivity index (χ3n) is 6.64. The molecule has 0 spiro atoms. The first-order chi connectivity index (χ1) is 19.0. The summed E-state index contributed by atoms with van der Waals surface area (Å²) in [4.78, 5) is 28.1. The topological polar surface area (TPSA) is 64.6 Å². The molecule has 0 bridgehead atoms. The van der Waals surface area contributed by atoms with Crippen LogP contribution in [0.1, 0.15) is 35.8 Å². The second-order valence-corrected chi connectivity index (χ2v) is 10.3. The highest BCUT2D eigenvalue weighted by Crippen LogP contribution is 2.43. The first kappa shape index (κ1) is 26.2. The van der Waals surface area contributed by atoms with Crippen molar-refractivity contribution in [2.24, 2.45) is 0 Å². The Balaban J connectivity index is 1.49. The van der Waals surface area contributed by atoms with Crippen molar-refractivity contribution in [3.8, 4) is 11.1 Å². The molecule has 1 N–H and O–H groups in total. The van der Waals surface area contributed by atoms with Crippen LogP contribution >= 0.6 is 11.3 Å².